The van der Waals surface area contributed by atoms with Crippen molar-refractivity contribution in [2.75, 3.05) is 0 Å². The molecule has 9 heteroatoms. The van der Waals surface area contributed by atoms with Gasteiger partial charge in [0.25, 0.3) is 5.91 Å². The standard InChI is InChI=1S/C25H21N5O2S2/c31-22(13-14-23-26-20-7-3-4-8-21(20)34-23)29-30-24(32)17-11-9-16(10-12-17)15-33-25-27-18-5-1-2-6-19(18)28-25/h1-12H,13-15H2,(H,27,28)(H,29,31)(H,30,32). The van der Waals surface area contributed by atoms with Crippen LogP contribution in [0.1, 0.15) is 27.3 Å². The molecule has 5 aromatic rings. The number of hydrazine groups is 1. The third-order valence-electron chi connectivity index (χ3n) is 5.18. The van der Waals surface area contributed by atoms with Gasteiger partial charge in [-0.15, -0.1) is 11.3 Å². The number of thioether (sulfide) groups is 1. The SMILES string of the molecule is O=C(CCc1nc2ccccc2s1)NNC(=O)c1ccc(CSc2nc3ccccc3[nH]2)cc1. The molecule has 0 bridgehead atoms. The number of nitrogens with zero attached hydrogens (tertiary/aromatic N) is 2. The summed E-state index contributed by atoms with van der Waals surface area (Å²) in [5.74, 6) is 0.112. The van der Waals surface area contributed by atoms with Crippen LogP contribution in [0.4, 0.5) is 0 Å². The van der Waals surface area contributed by atoms with Gasteiger partial charge in [-0.25, -0.2) is 9.97 Å². The van der Waals surface area contributed by atoms with Crippen LogP contribution >= 0.6 is 23.1 Å². The lowest BCUT2D eigenvalue weighted by molar-refractivity contribution is -0.121. The molecule has 0 aliphatic rings. The largest absolute Gasteiger partial charge is 0.333 e. The second-order valence-electron chi connectivity index (χ2n) is 7.62. The third-order valence-corrected chi connectivity index (χ3v) is 7.22. The lowest BCUT2D eigenvalue weighted by atomic mass is 10.1. The van der Waals surface area contributed by atoms with Gasteiger partial charge in [0.15, 0.2) is 5.16 Å². The number of fused-ring (bicyclic) bond motifs is 2. The number of aryl methyl sites for hydroxylation is 1. The Morgan fingerprint density at radius 3 is 2.44 bits per heavy atom. The summed E-state index contributed by atoms with van der Waals surface area (Å²) in [4.78, 5) is 36.9. The van der Waals surface area contributed by atoms with Crippen molar-refractivity contribution >= 4 is 56.2 Å². The van der Waals surface area contributed by atoms with Gasteiger partial charge in [-0.2, -0.15) is 0 Å². The smallest absolute Gasteiger partial charge is 0.269 e. The molecule has 7 nitrogen and oxygen atoms in total. The first kappa shape index (κ1) is 22.1. The van der Waals surface area contributed by atoms with Crippen molar-refractivity contribution in [2.45, 2.75) is 23.8 Å². The Balaban J connectivity index is 1.08. The quantitative estimate of drug-likeness (QED) is 0.225. The van der Waals surface area contributed by atoms with E-state index in [0.717, 1.165) is 42.7 Å². The fourth-order valence-corrected chi connectivity index (χ4v) is 5.22. The molecule has 34 heavy (non-hydrogen) atoms. The van der Waals surface area contributed by atoms with Crippen molar-refractivity contribution in [3.63, 3.8) is 0 Å². The molecular formula is C25H21N5O2S2. The van der Waals surface area contributed by atoms with Gasteiger partial charge in [0, 0.05) is 24.2 Å². The Morgan fingerprint density at radius 2 is 1.65 bits per heavy atom. The molecule has 0 radical (unpaired) electrons. The number of thiazole rings is 1. The Bertz CT molecular complexity index is 1390. The molecule has 170 valence electrons. The summed E-state index contributed by atoms with van der Waals surface area (Å²) in [6.07, 6.45) is 0.775. The van der Waals surface area contributed by atoms with E-state index in [1.54, 1.807) is 35.2 Å². The molecule has 3 aromatic carbocycles. The van der Waals surface area contributed by atoms with Crippen LogP contribution < -0.4 is 10.9 Å². The maximum absolute atomic E-state index is 12.4. The molecule has 0 saturated carbocycles. The minimum absolute atomic E-state index is 0.248. The molecule has 0 aliphatic heterocycles. The molecule has 5 rings (SSSR count). The van der Waals surface area contributed by atoms with E-state index in [1.807, 2.05) is 60.7 Å². The number of carbonyl (C=O) groups excluding carboxylic acids is 2. The number of benzene rings is 3. The van der Waals surface area contributed by atoms with Gasteiger partial charge in [-0.05, 0) is 42.0 Å². The van der Waals surface area contributed by atoms with E-state index in [2.05, 4.69) is 25.8 Å². The van der Waals surface area contributed by atoms with Gasteiger partial charge in [0.1, 0.15) is 0 Å². The van der Waals surface area contributed by atoms with Crippen LogP contribution in [-0.4, -0.2) is 26.8 Å². The number of hydrogen-bond acceptors (Lipinski definition) is 6. The highest BCUT2D eigenvalue weighted by Crippen LogP contribution is 2.24. The highest BCUT2D eigenvalue weighted by atomic mass is 32.2. The molecule has 0 saturated heterocycles. The van der Waals surface area contributed by atoms with Crippen LogP contribution in [0.25, 0.3) is 21.3 Å². The number of H-pyrrole nitrogens is 1. The van der Waals surface area contributed by atoms with Crippen LogP contribution in [0.2, 0.25) is 0 Å². The lowest BCUT2D eigenvalue weighted by Crippen LogP contribution is -2.41. The summed E-state index contributed by atoms with van der Waals surface area (Å²) in [6.45, 7) is 0. The summed E-state index contributed by atoms with van der Waals surface area (Å²) in [7, 11) is 0. The van der Waals surface area contributed by atoms with Gasteiger partial charge >= 0.3 is 0 Å². The summed E-state index contributed by atoms with van der Waals surface area (Å²) in [6, 6.07) is 23.1. The number of aromatic amines is 1. The highest BCUT2D eigenvalue weighted by Gasteiger charge is 2.10. The van der Waals surface area contributed by atoms with Crippen molar-refractivity contribution in [1.29, 1.82) is 0 Å². The first-order chi connectivity index (χ1) is 16.6. The maximum Gasteiger partial charge on any atom is 0.269 e. The van der Waals surface area contributed by atoms with Crippen LogP contribution in [0, 0.1) is 0 Å². The molecule has 3 N–H and O–H groups in total. The normalized spacial score (nSPS) is 11.1. The fourth-order valence-electron chi connectivity index (χ4n) is 3.41. The molecule has 0 spiro atoms. The first-order valence-electron chi connectivity index (χ1n) is 10.7. The molecule has 0 unspecified atom stereocenters. The van der Waals surface area contributed by atoms with E-state index in [4.69, 9.17) is 0 Å². The summed E-state index contributed by atoms with van der Waals surface area (Å²) < 4.78 is 1.10. The van der Waals surface area contributed by atoms with E-state index >= 15 is 0 Å². The molecular weight excluding hydrogens is 466 g/mol. The maximum atomic E-state index is 12.4. The van der Waals surface area contributed by atoms with E-state index in [0.29, 0.717) is 12.0 Å². The van der Waals surface area contributed by atoms with Gasteiger partial charge < -0.3 is 4.98 Å². The Labute approximate surface area is 204 Å². The van der Waals surface area contributed by atoms with Gasteiger partial charge in [0.2, 0.25) is 5.91 Å². The average molecular weight is 488 g/mol. The third kappa shape index (κ3) is 5.27. The lowest BCUT2D eigenvalue weighted by Gasteiger charge is -2.07. The first-order valence-corrected chi connectivity index (χ1v) is 12.5. The molecule has 0 fully saturated rings. The van der Waals surface area contributed by atoms with Gasteiger partial charge in [-0.3, -0.25) is 20.4 Å². The number of hydrogen-bond donors (Lipinski definition) is 3. The molecule has 2 heterocycles. The Morgan fingerprint density at radius 1 is 0.882 bits per heavy atom. The number of nitrogens with one attached hydrogen (secondary N) is 3. The number of amides is 2. The van der Waals surface area contributed by atoms with Crippen molar-refractivity contribution in [1.82, 2.24) is 25.8 Å². The van der Waals surface area contributed by atoms with E-state index in [1.165, 1.54) is 0 Å². The zero-order valence-electron chi connectivity index (χ0n) is 18.1. The minimum atomic E-state index is -0.357. The summed E-state index contributed by atoms with van der Waals surface area (Å²) in [5.41, 5.74) is 9.40. The van der Waals surface area contributed by atoms with Crippen LogP contribution in [0.5, 0.6) is 0 Å². The monoisotopic (exact) mass is 487 g/mol. The second kappa shape index (κ2) is 10.1. The number of aromatic nitrogens is 3. The fraction of sp³-hybridized carbons (Fsp3) is 0.120. The second-order valence-corrected chi connectivity index (χ2v) is 9.70. The predicted octanol–water partition coefficient (Wildman–Crippen LogP) is 4.86. The Kier molecular flexibility index (Phi) is 6.55. The van der Waals surface area contributed by atoms with Gasteiger partial charge in [0.05, 0.1) is 26.3 Å². The van der Waals surface area contributed by atoms with Crippen LogP contribution in [-0.2, 0) is 17.0 Å². The van der Waals surface area contributed by atoms with E-state index < -0.39 is 0 Å². The van der Waals surface area contributed by atoms with Crippen molar-refractivity contribution < 1.29 is 9.59 Å². The zero-order valence-corrected chi connectivity index (χ0v) is 19.7. The molecule has 2 aromatic heterocycles. The highest BCUT2D eigenvalue weighted by molar-refractivity contribution is 7.98. The van der Waals surface area contributed by atoms with Crippen molar-refractivity contribution in [2.24, 2.45) is 0 Å². The van der Waals surface area contributed by atoms with Crippen LogP contribution in [0.3, 0.4) is 0 Å². The van der Waals surface area contributed by atoms with Crippen molar-refractivity contribution in [3.05, 3.63) is 88.9 Å². The van der Waals surface area contributed by atoms with Crippen LogP contribution in [0.15, 0.2) is 78.0 Å². The van der Waals surface area contributed by atoms with E-state index in [-0.39, 0.29) is 18.2 Å². The Hall–Kier alpha value is -3.69. The molecule has 0 atom stereocenters. The number of para-hydroxylation sites is 3. The summed E-state index contributed by atoms with van der Waals surface area (Å²) in [5, 5.41) is 1.76. The number of rotatable bonds is 7. The molecule has 0 aliphatic carbocycles. The molecule has 2 amide bonds. The number of carbonyl (C=O) groups is 2. The number of imidazole rings is 1. The van der Waals surface area contributed by atoms with Crippen molar-refractivity contribution in [3.8, 4) is 0 Å². The van der Waals surface area contributed by atoms with E-state index in [9.17, 15) is 9.59 Å². The average Bonchev–Trinajstić information content (AvgIpc) is 3.48. The van der Waals surface area contributed by atoms with Gasteiger partial charge in [-0.1, -0.05) is 48.2 Å². The minimum Gasteiger partial charge on any atom is -0.333 e. The topological polar surface area (TPSA) is 99.8 Å². The summed E-state index contributed by atoms with van der Waals surface area (Å²) >= 11 is 3.18. The predicted molar refractivity (Wildman–Crippen MR) is 136 cm³/mol. The zero-order chi connectivity index (χ0) is 23.3.